The minimum absolute atomic E-state index is 0.0175. The van der Waals surface area contributed by atoms with Gasteiger partial charge in [-0.2, -0.15) is 0 Å². The number of rotatable bonds is 4. The number of aryl methyl sites for hydroxylation is 1. The Hall–Kier alpha value is -1.81. The van der Waals surface area contributed by atoms with Gasteiger partial charge in [0.1, 0.15) is 5.82 Å². The van der Waals surface area contributed by atoms with Crippen LogP contribution in [0.1, 0.15) is 18.9 Å². The van der Waals surface area contributed by atoms with Crippen LogP contribution in [0.5, 0.6) is 0 Å². The summed E-state index contributed by atoms with van der Waals surface area (Å²) in [5.74, 6) is 0.790. The molecule has 1 aromatic carbocycles. The zero-order valence-corrected chi connectivity index (χ0v) is 10.8. The Morgan fingerprint density at radius 1 is 1.39 bits per heavy atom. The van der Waals surface area contributed by atoms with Crippen LogP contribution in [0.2, 0.25) is 0 Å². The molecule has 0 fully saturated rings. The molecule has 4 heteroatoms. The summed E-state index contributed by atoms with van der Waals surface area (Å²) >= 11 is 0. The van der Waals surface area contributed by atoms with Crippen molar-refractivity contribution in [2.45, 2.75) is 26.3 Å². The smallest absolute Gasteiger partial charge is 0.134 e. The molecule has 0 saturated carbocycles. The van der Waals surface area contributed by atoms with Crippen molar-refractivity contribution in [1.29, 1.82) is 0 Å². The van der Waals surface area contributed by atoms with Crippen molar-refractivity contribution in [2.24, 2.45) is 0 Å². The zero-order chi connectivity index (χ0) is 13.1. The minimum atomic E-state index is 0.0175. The van der Waals surface area contributed by atoms with Crippen LogP contribution < -0.4 is 11.1 Å². The van der Waals surface area contributed by atoms with E-state index in [1.165, 1.54) is 0 Å². The van der Waals surface area contributed by atoms with Gasteiger partial charge in [-0.05, 0) is 31.0 Å². The van der Waals surface area contributed by atoms with Crippen molar-refractivity contribution >= 4 is 22.3 Å². The van der Waals surface area contributed by atoms with E-state index in [1.54, 1.807) is 6.20 Å². The van der Waals surface area contributed by atoms with Crippen LogP contribution >= 0.6 is 0 Å². The predicted octanol–water partition coefficient (Wildman–Crippen LogP) is 2.31. The molecule has 96 valence electrons. The number of aliphatic hydroxyl groups excluding tert-OH is 1. The molecule has 2 rings (SSSR count). The fraction of sp³-hybridized carbons (Fsp3) is 0.357. The number of nitrogens with zero attached hydrogens (tertiary/aromatic N) is 1. The number of benzene rings is 1. The van der Waals surface area contributed by atoms with Crippen molar-refractivity contribution < 1.29 is 5.11 Å². The first kappa shape index (κ1) is 12.6. The second-order valence-electron chi connectivity index (χ2n) is 4.49. The summed E-state index contributed by atoms with van der Waals surface area (Å²) < 4.78 is 0. The van der Waals surface area contributed by atoms with E-state index in [0.717, 1.165) is 34.3 Å². The summed E-state index contributed by atoms with van der Waals surface area (Å²) in [4.78, 5) is 4.37. The average molecular weight is 245 g/mol. The third-order valence-electron chi connectivity index (χ3n) is 3.22. The SMILES string of the molecule is CCC(CO)Nc1nccc2c(N)ccc(C)c12. The number of hydrogen-bond donors (Lipinski definition) is 3. The third kappa shape index (κ3) is 2.24. The van der Waals surface area contributed by atoms with Gasteiger partial charge in [-0.3, -0.25) is 0 Å². The molecule has 0 spiro atoms. The van der Waals surface area contributed by atoms with E-state index < -0.39 is 0 Å². The van der Waals surface area contributed by atoms with Crippen molar-refractivity contribution in [2.75, 3.05) is 17.7 Å². The second-order valence-corrected chi connectivity index (χ2v) is 4.49. The van der Waals surface area contributed by atoms with E-state index in [2.05, 4.69) is 10.3 Å². The van der Waals surface area contributed by atoms with Crippen LogP contribution in [0.25, 0.3) is 10.8 Å². The quantitative estimate of drug-likeness (QED) is 0.723. The van der Waals surface area contributed by atoms with Crippen molar-refractivity contribution in [1.82, 2.24) is 4.98 Å². The normalized spacial score (nSPS) is 12.6. The molecular formula is C14H19N3O. The molecule has 0 aliphatic carbocycles. The molecule has 4 N–H and O–H groups in total. The Balaban J connectivity index is 2.54. The lowest BCUT2D eigenvalue weighted by molar-refractivity contribution is 0.271. The number of nitrogens with two attached hydrogens (primary N) is 1. The number of hydrogen-bond acceptors (Lipinski definition) is 4. The number of aliphatic hydroxyl groups is 1. The van der Waals surface area contributed by atoms with Gasteiger partial charge in [0, 0.05) is 22.7 Å². The zero-order valence-electron chi connectivity index (χ0n) is 10.8. The average Bonchev–Trinajstić information content (AvgIpc) is 2.40. The van der Waals surface area contributed by atoms with E-state index in [-0.39, 0.29) is 12.6 Å². The molecule has 0 saturated heterocycles. The molecule has 0 aliphatic rings. The molecule has 0 amide bonds. The first-order valence-corrected chi connectivity index (χ1v) is 6.18. The van der Waals surface area contributed by atoms with E-state index in [0.29, 0.717) is 0 Å². The first-order valence-electron chi connectivity index (χ1n) is 6.18. The van der Waals surface area contributed by atoms with Gasteiger partial charge in [0.05, 0.1) is 12.6 Å². The lowest BCUT2D eigenvalue weighted by Gasteiger charge is -2.17. The fourth-order valence-electron chi connectivity index (χ4n) is 2.07. The largest absolute Gasteiger partial charge is 0.398 e. The second kappa shape index (κ2) is 5.23. The number of aromatic nitrogens is 1. The summed E-state index contributed by atoms with van der Waals surface area (Å²) in [6, 6.07) is 5.83. The Bertz CT molecular complexity index is 550. The van der Waals surface area contributed by atoms with Crippen LogP contribution in [0, 0.1) is 6.92 Å². The number of fused-ring (bicyclic) bond motifs is 1. The molecule has 0 bridgehead atoms. The maximum atomic E-state index is 9.27. The highest BCUT2D eigenvalue weighted by Gasteiger charge is 2.11. The van der Waals surface area contributed by atoms with Gasteiger partial charge in [0.25, 0.3) is 0 Å². The van der Waals surface area contributed by atoms with Crippen LogP contribution in [0.4, 0.5) is 11.5 Å². The van der Waals surface area contributed by atoms with Gasteiger partial charge < -0.3 is 16.2 Å². The highest BCUT2D eigenvalue weighted by atomic mass is 16.3. The van der Waals surface area contributed by atoms with Gasteiger partial charge >= 0.3 is 0 Å². The predicted molar refractivity (Wildman–Crippen MR) is 75.7 cm³/mol. The fourth-order valence-corrected chi connectivity index (χ4v) is 2.07. The van der Waals surface area contributed by atoms with Gasteiger partial charge in [-0.25, -0.2) is 4.98 Å². The molecule has 18 heavy (non-hydrogen) atoms. The first-order chi connectivity index (χ1) is 8.67. The van der Waals surface area contributed by atoms with Gasteiger partial charge in [0.2, 0.25) is 0 Å². The highest BCUT2D eigenvalue weighted by molar-refractivity contribution is 6.01. The standard InChI is InChI=1S/C14H19N3O/c1-3-10(8-18)17-14-13-9(2)4-5-12(15)11(13)6-7-16-14/h4-7,10,18H,3,8,15H2,1-2H3,(H,16,17). The van der Waals surface area contributed by atoms with Crippen molar-refractivity contribution in [3.8, 4) is 0 Å². The Morgan fingerprint density at radius 2 is 2.17 bits per heavy atom. The summed E-state index contributed by atoms with van der Waals surface area (Å²) in [6.45, 7) is 4.16. The molecule has 2 aromatic rings. The minimum Gasteiger partial charge on any atom is -0.398 e. The van der Waals surface area contributed by atoms with Crippen LogP contribution in [-0.2, 0) is 0 Å². The Morgan fingerprint density at radius 3 is 2.83 bits per heavy atom. The maximum Gasteiger partial charge on any atom is 0.134 e. The maximum absolute atomic E-state index is 9.27. The lowest BCUT2D eigenvalue weighted by Crippen LogP contribution is -2.23. The molecule has 4 nitrogen and oxygen atoms in total. The van der Waals surface area contributed by atoms with Crippen molar-refractivity contribution in [3.63, 3.8) is 0 Å². The molecule has 1 heterocycles. The van der Waals surface area contributed by atoms with Gasteiger partial charge in [-0.1, -0.05) is 13.0 Å². The van der Waals surface area contributed by atoms with Crippen LogP contribution in [0.15, 0.2) is 24.4 Å². The van der Waals surface area contributed by atoms with E-state index in [4.69, 9.17) is 5.73 Å². The number of pyridine rings is 1. The van der Waals surface area contributed by atoms with Crippen LogP contribution in [-0.4, -0.2) is 22.7 Å². The van der Waals surface area contributed by atoms with E-state index >= 15 is 0 Å². The topological polar surface area (TPSA) is 71.2 Å². The Labute approximate surface area is 107 Å². The monoisotopic (exact) mass is 245 g/mol. The van der Waals surface area contributed by atoms with Gasteiger partial charge in [0.15, 0.2) is 0 Å². The van der Waals surface area contributed by atoms with E-state index in [1.807, 2.05) is 32.0 Å². The van der Waals surface area contributed by atoms with Gasteiger partial charge in [-0.15, -0.1) is 0 Å². The van der Waals surface area contributed by atoms with E-state index in [9.17, 15) is 5.11 Å². The summed E-state index contributed by atoms with van der Waals surface area (Å²) in [5, 5.41) is 14.6. The summed E-state index contributed by atoms with van der Waals surface area (Å²) in [5.41, 5.74) is 7.86. The summed E-state index contributed by atoms with van der Waals surface area (Å²) in [7, 11) is 0. The number of anilines is 2. The summed E-state index contributed by atoms with van der Waals surface area (Å²) in [6.07, 6.45) is 2.58. The molecule has 1 unspecified atom stereocenters. The molecule has 1 atom stereocenters. The highest BCUT2D eigenvalue weighted by Crippen LogP contribution is 2.29. The number of nitrogens with one attached hydrogen (secondary N) is 1. The Kier molecular flexibility index (Phi) is 3.67. The molecule has 1 aromatic heterocycles. The van der Waals surface area contributed by atoms with Crippen molar-refractivity contribution in [3.05, 3.63) is 30.0 Å². The molecule has 0 radical (unpaired) electrons. The molecular weight excluding hydrogens is 226 g/mol. The van der Waals surface area contributed by atoms with Crippen LogP contribution in [0.3, 0.4) is 0 Å². The third-order valence-corrected chi connectivity index (χ3v) is 3.22. The lowest BCUT2D eigenvalue weighted by atomic mass is 10.0. The number of nitrogen functional groups attached to an aromatic ring is 1. The molecule has 0 aliphatic heterocycles.